The van der Waals surface area contributed by atoms with Crippen molar-refractivity contribution in [2.75, 3.05) is 0 Å². The lowest BCUT2D eigenvalue weighted by molar-refractivity contribution is 0.492. The second-order valence-electron chi connectivity index (χ2n) is 6.26. The molecule has 4 rings (SSSR count). The average molecular weight is 405 g/mol. The molecule has 3 heterocycles. The summed E-state index contributed by atoms with van der Waals surface area (Å²) in [7, 11) is 0. The third-order valence-corrected chi connectivity index (χ3v) is 4.57. The molecule has 3 aromatic heterocycles. The molecule has 0 saturated carbocycles. The average Bonchev–Trinajstić information content (AvgIpc) is 3.29. The maximum atomic E-state index is 13.8. The Kier molecular flexibility index (Phi) is 4.68. The summed E-state index contributed by atoms with van der Waals surface area (Å²) >= 11 is 6.08. The van der Waals surface area contributed by atoms with E-state index in [1.54, 1.807) is 6.20 Å². The van der Waals surface area contributed by atoms with E-state index in [1.807, 2.05) is 6.92 Å². The molecule has 0 spiro atoms. The van der Waals surface area contributed by atoms with Gasteiger partial charge in [0.25, 0.3) is 5.56 Å². The topological polar surface area (TPSA) is 81.4 Å². The van der Waals surface area contributed by atoms with Crippen molar-refractivity contribution < 1.29 is 8.78 Å². The van der Waals surface area contributed by atoms with Gasteiger partial charge in [0.05, 0.1) is 18.3 Å². The van der Waals surface area contributed by atoms with E-state index in [2.05, 4.69) is 20.1 Å². The predicted octanol–water partition coefficient (Wildman–Crippen LogP) is 3.37. The number of fused-ring (bicyclic) bond motifs is 1. The largest absolute Gasteiger partial charge is 0.332 e. The van der Waals surface area contributed by atoms with E-state index >= 15 is 0 Å². The van der Waals surface area contributed by atoms with E-state index in [-0.39, 0.29) is 34.1 Å². The Labute approximate surface area is 162 Å². The van der Waals surface area contributed by atoms with Gasteiger partial charge in [-0.2, -0.15) is 10.1 Å². The summed E-state index contributed by atoms with van der Waals surface area (Å²) in [6, 6.07) is 3.99. The minimum absolute atomic E-state index is 0.0528. The number of hydrogen-bond acceptors (Lipinski definition) is 4. The van der Waals surface area contributed by atoms with Gasteiger partial charge >= 0.3 is 0 Å². The van der Waals surface area contributed by atoms with Gasteiger partial charge in [-0.1, -0.05) is 19.1 Å². The van der Waals surface area contributed by atoms with Gasteiger partial charge in [-0.05, 0) is 24.1 Å². The van der Waals surface area contributed by atoms with Gasteiger partial charge < -0.3 is 4.98 Å². The monoisotopic (exact) mass is 404 g/mol. The maximum Gasteiger partial charge on any atom is 0.280 e. The van der Waals surface area contributed by atoms with Crippen molar-refractivity contribution >= 4 is 22.8 Å². The number of hydrogen-bond donors (Lipinski definition) is 1. The van der Waals surface area contributed by atoms with Crippen LogP contribution in [0.15, 0.2) is 35.4 Å². The van der Waals surface area contributed by atoms with Crippen LogP contribution in [0.25, 0.3) is 22.6 Å². The molecule has 0 saturated heterocycles. The molecule has 1 aromatic carbocycles. The van der Waals surface area contributed by atoms with Crippen LogP contribution < -0.4 is 5.56 Å². The van der Waals surface area contributed by atoms with Crippen molar-refractivity contribution in [1.29, 1.82) is 0 Å². The van der Waals surface area contributed by atoms with Gasteiger partial charge in [-0.25, -0.2) is 13.8 Å². The molecule has 0 fully saturated rings. The van der Waals surface area contributed by atoms with Crippen LogP contribution in [-0.2, 0) is 13.1 Å². The predicted molar refractivity (Wildman–Crippen MR) is 100 cm³/mol. The third kappa shape index (κ3) is 3.18. The Morgan fingerprint density at radius 1 is 1.25 bits per heavy atom. The van der Waals surface area contributed by atoms with Crippen LogP contribution in [0, 0.1) is 11.6 Å². The number of nitrogens with one attached hydrogen (secondary N) is 1. The highest BCUT2D eigenvalue weighted by atomic mass is 35.5. The highest BCUT2D eigenvalue weighted by molar-refractivity contribution is 6.28. The van der Waals surface area contributed by atoms with Gasteiger partial charge in [0, 0.05) is 18.3 Å². The number of benzene rings is 1. The first kappa shape index (κ1) is 18.3. The molecule has 0 unspecified atom stereocenters. The summed E-state index contributed by atoms with van der Waals surface area (Å²) in [5, 5.41) is 4.23. The van der Waals surface area contributed by atoms with Crippen molar-refractivity contribution in [3.63, 3.8) is 0 Å². The van der Waals surface area contributed by atoms with Crippen LogP contribution in [0.1, 0.15) is 18.9 Å². The summed E-state index contributed by atoms with van der Waals surface area (Å²) in [4.78, 5) is 24.0. The minimum Gasteiger partial charge on any atom is -0.332 e. The van der Waals surface area contributed by atoms with E-state index in [0.717, 1.165) is 12.5 Å². The smallest absolute Gasteiger partial charge is 0.280 e. The van der Waals surface area contributed by atoms with Crippen LogP contribution >= 0.6 is 11.6 Å². The zero-order valence-electron chi connectivity index (χ0n) is 14.8. The number of nitrogens with zero attached hydrogens (tertiary/aromatic N) is 5. The number of imidazole rings is 1. The first-order valence-electron chi connectivity index (χ1n) is 8.59. The quantitative estimate of drug-likeness (QED) is 0.517. The van der Waals surface area contributed by atoms with Crippen LogP contribution in [0.4, 0.5) is 8.78 Å². The molecule has 0 aliphatic rings. The van der Waals surface area contributed by atoms with E-state index < -0.39 is 11.6 Å². The summed E-state index contributed by atoms with van der Waals surface area (Å²) in [6.07, 6.45) is 3.87. The Balaban J connectivity index is 1.69. The fraction of sp³-hybridized carbons (Fsp3) is 0.222. The zero-order chi connectivity index (χ0) is 19.8. The molecule has 1 N–H and O–H groups in total. The number of rotatable bonds is 5. The zero-order valence-corrected chi connectivity index (χ0v) is 15.5. The minimum atomic E-state index is -0.909. The van der Waals surface area contributed by atoms with Gasteiger partial charge in [0.1, 0.15) is 5.82 Å². The van der Waals surface area contributed by atoms with Gasteiger partial charge in [-0.3, -0.25) is 14.0 Å². The molecule has 0 aliphatic carbocycles. The molecule has 7 nitrogen and oxygen atoms in total. The third-order valence-electron chi connectivity index (χ3n) is 4.28. The van der Waals surface area contributed by atoms with Crippen molar-refractivity contribution in [3.8, 4) is 11.4 Å². The Bertz CT molecular complexity index is 1230. The first-order valence-corrected chi connectivity index (χ1v) is 8.97. The van der Waals surface area contributed by atoms with E-state index in [9.17, 15) is 13.6 Å². The van der Waals surface area contributed by atoms with Crippen LogP contribution in [0.3, 0.4) is 0 Å². The lowest BCUT2D eigenvalue weighted by Crippen LogP contribution is -2.22. The standard InChI is InChI=1S/C18H15ClF2N6O/c1-2-6-27-17(28)14-16(25-18(27)19)24-15(23-14)11-7-22-26(9-11)8-10-4-3-5-12(20)13(10)21/h3-5,7,9H,2,6,8H2,1H3,(H,23,24). The van der Waals surface area contributed by atoms with Crippen LogP contribution in [-0.4, -0.2) is 29.3 Å². The molecule has 0 atom stereocenters. The summed E-state index contributed by atoms with van der Waals surface area (Å²) in [5.41, 5.74) is 0.908. The second-order valence-corrected chi connectivity index (χ2v) is 6.60. The molecular formula is C18H15ClF2N6O. The molecule has 0 radical (unpaired) electrons. The molecule has 4 aromatic rings. The fourth-order valence-corrected chi connectivity index (χ4v) is 3.17. The SMILES string of the molecule is CCCn1c(Cl)nc2nc(-c3cnn(Cc4cccc(F)c4F)c3)[nH]c2c1=O. The number of H-pyrrole nitrogens is 1. The van der Waals surface area contributed by atoms with Crippen molar-refractivity contribution in [3.05, 3.63) is 63.4 Å². The highest BCUT2D eigenvalue weighted by Crippen LogP contribution is 2.20. The normalized spacial score (nSPS) is 11.4. The molecule has 0 aliphatic heterocycles. The Morgan fingerprint density at radius 2 is 2.07 bits per heavy atom. The second kappa shape index (κ2) is 7.16. The van der Waals surface area contributed by atoms with E-state index in [1.165, 1.54) is 27.6 Å². The fourth-order valence-electron chi connectivity index (χ4n) is 2.93. The van der Waals surface area contributed by atoms with E-state index in [0.29, 0.717) is 17.9 Å². The molecule has 28 heavy (non-hydrogen) atoms. The van der Waals surface area contributed by atoms with Gasteiger partial charge in [0.2, 0.25) is 5.28 Å². The van der Waals surface area contributed by atoms with Gasteiger partial charge in [0.15, 0.2) is 22.8 Å². The lowest BCUT2D eigenvalue weighted by atomic mass is 10.2. The lowest BCUT2D eigenvalue weighted by Gasteiger charge is -2.04. The van der Waals surface area contributed by atoms with Gasteiger partial charge in [-0.15, -0.1) is 0 Å². The molecule has 0 amide bonds. The van der Waals surface area contributed by atoms with Crippen molar-refractivity contribution in [1.82, 2.24) is 29.3 Å². The summed E-state index contributed by atoms with van der Waals surface area (Å²) < 4.78 is 30.0. The van der Waals surface area contributed by atoms with Crippen LogP contribution in [0.2, 0.25) is 5.28 Å². The number of aromatic nitrogens is 6. The highest BCUT2D eigenvalue weighted by Gasteiger charge is 2.16. The van der Waals surface area contributed by atoms with Crippen LogP contribution in [0.5, 0.6) is 0 Å². The Morgan fingerprint density at radius 3 is 2.86 bits per heavy atom. The molecule has 10 heteroatoms. The summed E-state index contributed by atoms with van der Waals surface area (Å²) in [6.45, 7) is 2.43. The van der Waals surface area contributed by atoms with Crippen molar-refractivity contribution in [2.24, 2.45) is 0 Å². The first-order chi connectivity index (χ1) is 13.5. The molecule has 0 bridgehead atoms. The maximum absolute atomic E-state index is 13.8. The molecule has 144 valence electrons. The molecular weight excluding hydrogens is 390 g/mol. The number of halogens is 3. The van der Waals surface area contributed by atoms with E-state index in [4.69, 9.17) is 11.6 Å². The Hall–Kier alpha value is -3.07. The van der Waals surface area contributed by atoms with Crippen molar-refractivity contribution in [2.45, 2.75) is 26.4 Å². The number of aromatic amines is 1. The summed E-state index contributed by atoms with van der Waals surface area (Å²) in [5.74, 6) is -1.43.